The number of carbonyl (C=O) groups excluding carboxylic acids is 1. The fourth-order valence-corrected chi connectivity index (χ4v) is 4.35. The van der Waals surface area contributed by atoms with Crippen LogP contribution in [0.15, 0.2) is 23.8 Å². The highest BCUT2D eigenvalue weighted by Crippen LogP contribution is 2.49. The van der Waals surface area contributed by atoms with Crippen molar-refractivity contribution in [2.75, 3.05) is 21.3 Å². The van der Waals surface area contributed by atoms with E-state index in [0.717, 1.165) is 16.7 Å². The summed E-state index contributed by atoms with van der Waals surface area (Å²) < 4.78 is 35.1. The van der Waals surface area contributed by atoms with Gasteiger partial charge in [0.15, 0.2) is 6.10 Å². The summed E-state index contributed by atoms with van der Waals surface area (Å²) in [5.41, 5.74) is 3.37. The molecule has 0 aromatic heterocycles. The van der Waals surface area contributed by atoms with Gasteiger partial charge in [0, 0.05) is 19.8 Å². The van der Waals surface area contributed by atoms with E-state index in [2.05, 4.69) is 0 Å². The van der Waals surface area contributed by atoms with Gasteiger partial charge in [-0.15, -0.1) is 0 Å². The van der Waals surface area contributed by atoms with E-state index in [0.29, 0.717) is 17.7 Å². The Bertz CT molecular complexity index is 847. The molecule has 0 saturated carbocycles. The molecule has 0 radical (unpaired) electrons. The topological polar surface area (TPSA) is 72.5 Å². The smallest absolute Gasteiger partial charge is 0.339 e. The molecule has 7 heteroatoms. The summed E-state index contributed by atoms with van der Waals surface area (Å²) in [6.07, 6.45) is -0.817. The lowest BCUT2D eigenvalue weighted by Crippen LogP contribution is -2.68. The highest BCUT2D eigenvalue weighted by Gasteiger charge is 2.60. The number of hydrogen-bond donors (Lipinski definition) is 0. The first-order valence-electron chi connectivity index (χ1n) is 9.32. The van der Waals surface area contributed by atoms with Crippen molar-refractivity contribution in [3.63, 3.8) is 0 Å². The number of carbonyl (C=O) groups is 1. The minimum absolute atomic E-state index is 0.332. The maximum atomic E-state index is 12.7. The van der Waals surface area contributed by atoms with Crippen LogP contribution in [0.3, 0.4) is 0 Å². The first-order valence-corrected chi connectivity index (χ1v) is 9.32. The number of esters is 1. The Hall–Kier alpha value is -1.93. The lowest BCUT2D eigenvalue weighted by molar-refractivity contribution is -0.452. The number of methoxy groups -OCH3 is 3. The van der Waals surface area contributed by atoms with Crippen LogP contribution in [-0.2, 0) is 23.7 Å². The molecule has 7 nitrogen and oxygen atoms in total. The molecule has 2 aliphatic heterocycles. The van der Waals surface area contributed by atoms with Crippen LogP contribution in [0.1, 0.15) is 43.1 Å². The maximum Gasteiger partial charge on any atom is 0.339 e. The summed E-state index contributed by atoms with van der Waals surface area (Å²) in [6, 6.07) is 5.37. The summed E-state index contributed by atoms with van der Waals surface area (Å²) in [7, 11) is 4.70. The standard InChI is InChI=1S/C21H26O7/c1-11-9-15-17(28-21(3,25-6)20(2,24-5)27-15)18-16(11)14-10-12(23-4)7-8-13(14)19(22)26-18/h7-8,10,15,17-18H,9H2,1-6H3/t15-,17+,18-,20+,21+/m1/s1. The van der Waals surface area contributed by atoms with Crippen molar-refractivity contribution in [1.29, 1.82) is 0 Å². The van der Waals surface area contributed by atoms with Gasteiger partial charge in [0.2, 0.25) is 11.6 Å². The van der Waals surface area contributed by atoms with Crippen molar-refractivity contribution in [3.05, 3.63) is 34.9 Å². The summed E-state index contributed by atoms with van der Waals surface area (Å²) in [5, 5.41) is 0. The van der Waals surface area contributed by atoms with E-state index in [1.54, 1.807) is 47.3 Å². The third-order valence-corrected chi connectivity index (χ3v) is 6.23. The molecule has 0 N–H and O–H groups in total. The Kier molecular flexibility index (Phi) is 4.54. The fraction of sp³-hybridized carbons (Fsp3) is 0.571. The van der Waals surface area contributed by atoms with Crippen molar-refractivity contribution in [3.8, 4) is 5.75 Å². The van der Waals surface area contributed by atoms with E-state index in [1.807, 2.05) is 13.0 Å². The number of ether oxygens (including phenoxy) is 6. The molecule has 2 heterocycles. The zero-order chi connectivity index (χ0) is 20.3. The molecule has 1 fully saturated rings. The highest BCUT2D eigenvalue weighted by atomic mass is 16.8. The average molecular weight is 390 g/mol. The fourth-order valence-electron chi connectivity index (χ4n) is 4.35. The first-order chi connectivity index (χ1) is 13.3. The Morgan fingerprint density at radius 1 is 1.04 bits per heavy atom. The van der Waals surface area contributed by atoms with Crippen molar-refractivity contribution in [1.82, 2.24) is 0 Å². The predicted molar refractivity (Wildman–Crippen MR) is 100.0 cm³/mol. The lowest BCUT2D eigenvalue weighted by Gasteiger charge is -2.55. The summed E-state index contributed by atoms with van der Waals surface area (Å²) in [5.74, 6) is -1.97. The molecule has 0 amide bonds. The van der Waals surface area contributed by atoms with Gasteiger partial charge in [0.25, 0.3) is 0 Å². The quantitative estimate of drug-likeness (QED) is 0.735. The molecule has 0 unspecified atom stereocenters. The minimum Gasteiger partial charge on any atom is -0.497 e. The van der Waals surface area contributed by atoms with E-state index in [9.17, 15) is 4.79 Å². The van der Waals surface area contributed by atoms with Crippen molar-refractivity contribution in [2.24, 2.45) is 0 Å². The Morgan fingerprint density at radius 3 is 2.36 bits per heavy atom. The second-order valence-electron chi connectivity index (χ2n) is 7.67. The van der Waals surface area contributed by atoms with E-state index < -0.39 is 23.8 Å². The molecule has 1 saturated heterocycles. The van der Waals surface area contributed by atoms with Crippen LogP contribution in [0.25, 0.3) is 5.57 Å². The van der Waals surface area contributed by atoms with Crippen LogP contribution in [0.5, 0.6) is 5.75 Å². The Morgan fingerprint density at radius 2 is 1.71 bits per heavy atom. The van der Waals surface area contributed by atoms with Crippen LogP contribution in [-0.4, -0.2) is 57.2 Å². The summed E-state index contributed by atoms with van der Waals surface area (Å²) in [6.45, 7) is 5.58. The van der Waals surface area contributed by atoms with Crippen LogP contribution >= 0.6 is 0 Å². The Balaban J connectivity index is 1.81. The Labute approximate surface area is 164 Å². The lowest BCUT2D eigenvalue weighted by atomic mass is 9.78. The second kappa shape index (κ2) is 6.56. The van der Waals surface area contributed by atoms with Gasteiger partial charge in [-0.2, -0.15) is 0 Å². The molecule has 1 aliphatic carbocycles. The van der Waals surface area contributed by atoms with Crippen LogP contribution in [0.2, 0.25) is 0 Å². The molecule has 1 aromatic rings. The van der Waals surface area contributed by atoms with Crippen molar-refractivity contribution >= 4 is 11.5 Å². The second-order valence-corrected chi connectivity index (χ2v) is 7.67. The minimum atomic E-state index is -1.17. The van der Waals surface area contributed by atoms with Crippen LogP contribution < -0.4 is 4.74 Å². The molecule has 0 spiro atoms. The molecule has 28 heavy (non-hydrogen) atoms. The van der Waals surface area contributed by atoms with E-state index in [-0.39, 0.29) is 12.1 Å². The third-order valence-electron chi connectivity index (χ3n) is 6.23. The number of rotatable bonds is 3. The molecule has 5 atom stereocenters. The number of hydrogen-bond acceptors (Lipinski definition) is 7. The summed E-state index contributed by atoms with van der Waals surface area (Å²) >= 11 is 0. The largest absolute Gasteiger partial charge is 0.497 e. The zero-order valence-corrected chi connectivity index (χ0v) is 17.0. The van der Waals surface area contributed by atoms with Gasteiger partial charge in [-0.05, 0) is 51.0 Å². The highest BCUT2D eigenvalue weighted by molar-refractivity contribution is 6.00. The van der Waals surface area contributed by atoms with Crippen LogP contribution in [0, 0.1) is 0 Å². The molecule has 152 valence electrons. The van der Waals surface area contributed by atoms with E-state index >= 15 is 0 Å². The van der Waals surface area contributed by atoms with Gasteiger partial charge in [0.05, 0.1) is 18.8 Å². The van der Waals surface area contributed by atoms with Gasteiger partial charge in [-0.25, -0.2) is 4.79 Å². The predicted octanol–water partition coefficient (Wildman–Crippen LogP) is 2.92. The SMILES string of the molecule is COc1ccc2c(c1)C1=C(C)C[C@H]3O[C@](C)(OC)[C@@](C)(OC)O[C@@H]3[C@@H]1OC2=O. The molecular weight excluding hydrogens is 364 g/mol. The third kappa shape index (κ3) is 2.61. The zero-order valence-electron chi connectivity index (χ0n) is 17.0. The van der Waals surface area contributed by atoms with Gasteiger partial charge in [0.1, 0.15) is 11.9 Å². The molecule has 0 bridgehead atoms. The van der Waals surface area contributed by atoms with Gasteiger partial charge in [-0.1, -0.05) is 5.57 Å². The molecule has 3 aliphatic rings. The van der Waals surface area contributed by atoms with Crippen LogP contribution in [0.4, 0.5) is 0 Å². The number of fused-ring (bicyclic) bond motifs is 5. The molecule has 4 rings (SSSR count). The average Bonchev–Trinajstić information content (AvgIpc) is 2.69. The van der Waals surface area contributed by atoms with E-state index in [4.69, 9.17) is 28.4 Å². The maximum absolute atomic E-state index is 12.7. The van der Waals surface area contributed by atoms with Gasteiger partial charge >= 0.3 is 5.97 Å². The monoisotopic (exact) mass is 390 g/mol. The van der Waals surface area contributed by atoms with Crippen molar-refractivity contribution < 1.29 is 33.2 Å². The number of benzene rings is 1. The first kappa shape index (κ1) is 19.4. The van der Waals surface area contributed by atoms with Crippen molar-refractivity contribution in [2.45, 2.75) is 57.1 Å². The van der Waals surface area contributed by atoms with Gasteiger partial charge < -0.3 is 28.4 Å². The molecular formula is C21H26O7. The summed E-state index contributed by atoms with van der Waals surface area (Å²) in [4.78, 5) is 12.7. The normalized spacial score (nSPS) is 36.9. The van der Waals surface area contributed by atoms with Gasteiger partial charge in [-0.3, -0.25) is 0 Å². The van der Waals surface area contributed by atoms with E-state index in [1.165, 1.54) is 0 Å². The molecule has 1 aromatic carbocycles.